The largest absolute Gasteiger partial charge is 0.325 e. The lowest BCUT2D eigenvalue weighted by Crippen LogP contribution is -2.18. The lowest BCUT2D eigenvalue weighted by molar-refractivity contribution is -0.113. The number of nitrogens with one attached hydrogen (secondary N) is 1. The van der Waals surface area contributed by atoms with Crippen LogP contribution in [0.4, 0.5) is 5.69 Å². The maximum atomic E-state index is 12.8. The fourth-order valence-corrected chi connectivity index (χ4v) is 5.42. The third-order valence-corrected chi connectivity index (χ3v) is 7.52. The molecule has 1 heterocycles. The third kappa shape index (κ3) is 5.26. The van der Waals surface area contributed by atoms with E-state index >= 15 is 0 Å². The van der Waals surface area contributed by atoms with Gasteiger partial charge in [-0.05, 0) is 49.4 Å². The summed E-state index contributed by atoms with van der Waals surface area (Å²) in [6.45, 7) is 4.14. The summed E-state index contributed by atoms with van der Waals surface area (Å²) >= 11 is 4.98. The standard InChI is InChI=1S/C25H29BrN4OS/c1-3-18-9-7-8-17(2)23(18)27-22(31)16-32-25-29-28-24(19-12-14-20(26)15-13-19)30(25)21-10-5-4-6-11-21/h7-9,12-15,21H,3-6,10-11,16H2,1-2H3,(H,27,31). The van der Waals surface area contributed by atoms with Gasteiger partial charge in [0.1, 0.15) is 0 Å². The van der Waals surface area contributed by atoms with Crippen molar-refractivity contribution in [1.29, 1.82) is 0 Å². The highest BCUT2D eigenvalue weighted by Gasteiger charge is 2.24. The van der Waals surface area contributed by atoms with Gasteiger partial charge >= 0.3 is 0 Å². The predicted molar refractivity (Wildman–Crippen MR) is 135 cm³/mol. The summed E-state index contributed by atoms with van der Waals surface area (Å²) < 4.78 is 3.31. The van der Waals surface area contributed by atoms with E-state index < -0.39 is 0 Å². The van der Waals surface area contributed by atoms with E-state index in [1.54, 1.807) is 0 Å². The molecule has 1 N–H and O–H groups in total. The van der Waals surface area contributed by atoms with Crippen molar-refractivity contribution in [3.8, 4) is 11.4 Å². The van der Waals surface area contributed by atoms with Crippen LogP contribution >= 0.6 is 27.7 Å². The second-order valence-electron chi connectivity index (χ2n) is 8.27. The van der Waals surface area contributed by atoms with E-state index in [0.717, 1.165) is 57.1 Å². The number of aromatic nitrogens is 3. The number of para-hydroxylation sites is 1. The number of carbonyl (C=O) groups excluding carboxylic acids is 1. The zero-order chi connectivity index (χ0) is 22.5. The molecule has 5 nitrogen and oxygen atoms in total. The molecule has 1 aliphatic carbocycles. The van der Waals surface area contributed by atoms with Gasteiger partial charge < -0.3 is 5.32 Å². The number of carbonyl (C=O) groups is 1. The van der Waals surface area contributed by atoms with Gasteiger partial charge in [-0.1, -0.05) is 84.2 Å². The van der Waals surface area contributed by atoms with Crippen molar-refractivity contribution in [3.63, 3.8) is 0 Å². The minimum atomic E-state index is -0.0117. The number of nitrogens with zero attached hydrogens (tertiary/aromatic N) is 3. The SMILES string of the molecule is CCc1cccc(C)c1NC(=O)CSc1nnc(-c2ccc(Br)cc2)n1C1CCCCC1. The quantitative estimate of drug-likeness (QED) is 0.353. The number of benzene rings is 2. The Morgan fingerprint density at radius 3 is 2.59 bits per heavy atom. The van der Waals surface area contributed by atoms with Crippen molar-refractivity contribution in [1.82, 2.24) is 14.8 Å². The summed E-state index contributed by atoms with van der Waals surface area (Å²) in [5.41, 5.74) is 4.23. The lowest BCUT2D eigenvalue weighted by Gasteiger charge is -2.25. The maximum absolute atomic E-state index is 12.8. The average Bonchev–Trinajstić information content (AvgIpc) is 3.24. The van der Waals surface area contributed by atoms with E-state index in [-0.39, 0.29) is 5.91 Å². The van der Waals surface area contributed by atoms with Gasteiger partial charge in [0.05, 0.1) is 5.75 Å². The molecule has 4 rings (SSSR count). The van der Waals surface area contributed by atoms with Crippen LogP contribution in [0.2, 0.25) is 0 Å². The molecule has 3 aromatic rings. The van der Waals surface area contributed by atoms with E-state index in [1.807, 2.05) is 31.2 Å². The van der Waals surface area contributed by atoms with Crippen LogP contribution in [-0.2, 0) is 11.2 Å². The van der Waals surface area contributed by atoms with Gasteiger partial charge in [0.2, 0.25) is 5.91 Å². The smallest absolute Gasteiger partial charge is 0.234 e. The van der Waals surface area contributed by atoms with Crippen molar-refractivity contribution >= 4 is 39.3 Å². The van der Waals surface area contributed by atoms with E-state index in [9.17, 15) is 4.79 Å². The van der Waals surface area contributed by atoms with E-state index in [2.05, 4.69) is 61.1 Å². The number of anilines is 1. The molecule has 1 fully saturated rings. The lowest BCUT2D eigenvalue weighted by atomic mass is 9.95. The number of halogens is 1. The summed E-state index contributed by atoms with van der Waals surface area (Å²) in [4.78, 5) is 12.8. The van der Waals surface area contributed by atoms with Crippen molar-refractivity contribution in [3.05, 3.63) is 58.1 Å². The van der Waals surface area contributed by atoms with Crippen LogP contribution in [0, 0.1) is 6.92 Å². The first-order chi connectivity index (χ1) is 15.6. The van der Waals surface area contributed by atoms with Crippen LogP contribution < -0.4 is 5.32 Å². The van der Waals surface area contributed by atoms with Crippen LogP contribution in [0.15, 0.2) is 52.1 Å². The molecule has 7 heteroatoms. The molecule has 0 radical (unpaired) electrons. The first kappa shape index (κ1) is 23.1. The van der Waals surface area contributed by atoms with E-state index in [0.29, 0.717) is 11.8 Å². The van der Waals surface area contributed by atoms with Crippen LogP contribution in [-0.4, -0.2) is 26.4 Å². The van der Waals surface area contributed by atoms with Crippen LogP contribution in [0.5, 0.6) is 0 Å². The highest BCUT2D eigenvalue weighted by molar-refractivity contribution is 9.10. The number of thioether (sulfide) groups is 1. The summed E-state index contributed by atoms with van der Waals surface area (Å²) in [5.74, 6) is 1.18. The van der Waals surface area contributed by atoms with Crippen molar-refractivity contribution < 1.29 is 4.79 Å². The van der Waals surface area contributed by atoms with Gasteiger partial charge in [0.15, 0.2) is 11.0 Å². The summed E-state index contributed by atoms with van der Waals surface area (Å²) in [5, 5.41) is 13.0. The van der Waals surface area contributed by atoms with Crippen LogP contribution in [0.25, 0.3) is 11.4 Å². The number of hydrogen-bond acceptors (Lipinski definition) is 4. The zero-order valence-electron chi connectivity index (χ0n) is 18.6. The molecule has 0 bridgehead atoms. The molecule has 0 saturated heterocycles. The van der Waals surface area contributed by atoms with Gasteiger partial charge in [-0.25, -0.2) is 0 Å². The Morgan fingerprint density at radius 2 is 1.88 bits per heavy atom. The molecule has 1 amide bonds. The van der Waals surface area contributed by atoms with Crippen LogP contribution in [0.1, 0.15) is 56.2 Å². The summed E-state index contributed by atoms with van der Waals surface area (Å²) in [7, 11) is 0. The van der Waals surface area contributed by atoms with Gasteiger partial charge in [-0.3, -0.25) is 9.36 Å². The fourth-order valence-electron chi connectivity index (χ4n) is 4.35. The Morgan fingerprint density at radius 1 is 1.12 bits per heavy atom. The Hall–Kier alpha value is -2.12. The molecule has 0 unspecified atom stereocenters. The van der Waals surface area contributed by atoms with Crippen molar-refractivity contribution in [2.24, 2.45) is 0 Å². The Labute approximate surface area is 202 Å². The van der Waals surface area contributed by atoms with Gasteiger partial charge in [0.25, 0.3) is 0 Å². The van der Waals surface area contributed by atoms with E-state index in [4.69, 9.17) is 0 Å². The first-order valence-electron chi connectivity index (χ1n) is 11.3. The monoisotopic (exact) mass is 512 g/mol. The van der Waals surface area contributed by atoms with Crippen molar-refractivity contribution in [2.45, 2.75) is 63.6 Å². The fraction of sp³-hybridized carbons (Fsp3) is 0.400. The normalized spacial score (nSPS) is 14.5. The van der Waals surface area contributed by atoms with E-state index in [1.165, 1.54) is 31.0 Å². The molecule has 0 spiro atoms. The van der Waals surface area contributed by atoms with Crippen LogP contribution in [0.3, 0.4) is 0 Å². The minimum absolute atomic E-state index is 0.0117. The molecule has 32 heavy (non-hydrogen) atoms. The number of amides is 1. The molecule has 0 atom stereocenters. The molecule has 0 aliphatic heterocycles. The van der Waals surface area contributed by atoms with Gasteiger partial charge in [0, 0.05) is 21.8 Å². The van der Waals surface area contributed by atoms with Gasteiger partial charge in [-0.15, -0.1) is 10.2 Å². The third-order valence-electron chi connectivity index (χ3n) is 6.04. The average molecular weight is 514 g/mol. The Balaban J connectivity index is 1.54. The maximum Gasteiger partial charge on any atom is 0.234 e. The number of hydrogen-bond donors (Lipinski definition) is 1. The minimum Gasteiger partial charge on any atom is -0.325 e. The zero-order valence-corrected chi connectivity index (χ0v) is 21.0. The molecular weight excluding hydrogens is 484 g/mol. The highest BCUT2D eigenvalue weighted by Crippen LogP contribution is 2.36. The molecule has 1 aliphatic rings. The molecule has 1 saturated carbocycles. The molecule has 1 aromatic heterocycles. The Kier molecular flexibility index (Phi) is 7.68. The molecule has 168 valence electrons. The second-order valence-corrected chi connectivity index (χ2v) is 10.1. The number of rotatable bonds is 7. The summed E-state index contributed by atoms with van der Waals surface area (Å²) in [6.07, 6.45) is 6.87. The van der Waals surface area contributed by atoms with Gasteiger partial charge in [-0.2, -0.15) is 0 Å². The second kappa shape index (κ2) is 10.7. The molecule has 2 aromatic carbocycles. The first-order valence-corrected chi connectivity index (χ1v) is 13.1. The van der Waals surface area contributed by atoms with Crippen molar-refractivity contribution in [2.75, 3.05) is 11.1 Å². The highest BCUT2D eigenvalue weighted by atomic mass is 79.9. The summed E-state index contributed by atoms with van der Waals surface area (Å²) in [6, 6.07) is 14.7. The topological polar surface area (TPSA) is 59.8 Å². The predicted octanol–water partition coefficient (Wildman–Crippen LogP) is 6.81. The molecular formula is C25H29BrN4OS. The number of aryl methyl sites for hydroxylation is 2. The Bertz CT molecular complexity index is 1070.